The average Bonchev–Trinajstić information content (AvgIpc) is 2.52. The summed E-state index contributed by atoms with van der Waals surface area (Å²) < 4.78 is 0. The molecule has 0 fully saturated rings. The minimum atomic E-state index is -0.324. The fourth-order valence-corrected chi connectivity index (χ4v) is 2.67. The predicted octanol–water partition coefficient (Wildman–Crippen LogP) is 1.37. The molecule has 2 rings (SSSR count). The summed E-state index contributed by atoms with van der Waals surface area (Å²) in [4.78, 5) is 29.8. The van der Waals surface area contributed by atoms with E-state index in [1.54, 1.807) is 19.0 Å². The van der Waals surface area contributed by atoms with Crippen LogP contribution in [0, 0.1) is 0 Å². The second-order valence-electron chi connectivity index (χ2n) is 6.10. The van der Waals surface area contributed by atoms with E-state index in [-0.39, 0.29) is 24.4 Å². The normalized spacial score (nSPS) is 15.4. The van der Waals surface area contributed by atoms with E-state index in [0.717, 1.165) is 25.1 Å². The van der Waals surface area contributed by atoms with E-state index in [0.29, 0.717) is 0 Å². The van der Waals surface area contributed by atoms with Crippen LogP contribution < -0.4 is 4.90 Å². The Morgan fingerprint density at radius 3 is 2.59 bits per heavy atom. The molecule has 2 amide bonds. The molecule has 0 spiro atoms. The Hall–Kier alpha value is -1.88. The Balaban J connectivity index is 2.10. The van der Waals surface area contributed by atoms with Gasteiger partial charge in [-0.3, -0.25) is 14.5 Å². The van der Waals surface area contributed by atoms with Crippen molar-refractivity contribution in [3.05, 3.63) is 29.8 Å². The summed E-state index contributed by atoms with van der Waals surface area (Å²) in [5.74, 6) is 0.0578. The van der Waals surface area contributed by atoms with Crippen LogP contribution in [0.15, 0.2) is 24.3 Å². The van der Waals surface area contributed by atoms with Crippen LogP contribution in [0.5, 0.6) is 0 Å². The van der Waals surface area contributed by atoms with Crippen molar-refractivity contribution in [2.75, 3.05) is 39.1 Å². The lowest BCUT2D eigenvalue weighted by Gasteiger charge is -2.34. The molecule has 22 heavy (non-hydrogen) atoms. The highest BCUT2D eigenvalue weighted by Gasteiger charge is 2.29. The lowest BCUT2D eigenvalue weighted by atomic mass is 10.0. The summed E-state index contributed by atoms with van der Waals surface area (Å²) in [5, 5.41) is 0. The van der Waals surface area contributed by atoms with Gasteiger partial charge in [0.2, 0.25) is 11.8 Å². The maximum atomic E-state index is 12.8. The van der Waals surface area contributed by atoms with Gasteiger partial charge in [0.15, 0.2) is 0 Å². The Bertz CT molecular complexity index is 557. The second-order valence-corrected chi connectivity index (χ2v) is 6.10. The zero-order chi connectivity index (χ0) is 16.3. The second kappa shape index (κ2) is 6.92. The van der Waals surface area contributed by atoms with Gasteiger partial charge < -0.3 is 9.80 Å². The molecular weight excluding hydrogens is 278 g/mol. The first-order chi connectivity index (χ1) is 10.4. The maximum Gasteiger partial charge on any atom is 0.244 e. The molecule has 0 saturated heterocycles. The molecule has 0 aliphatic carbocycles. The highest BCUT2D eigenvalue weighted by molar-refractivity contribution is 5.98. The Morgan fingerprint density at radius 2 is 1.91 bits per heavy atom. The lowest BCUT2D eigenvalue weighted by Crippen LogP contribution is -2.49. The van der Waals surface area contributed by atoms with Crippen molar-refractivity contribution in [3.63, 3.8) is 0 Å². The standard InChI is InChI=1S/C17H25N3O2/c1-13(19(4)12-16(21)18(2)3)17(22)20-11-7-9-14-8-5-6-10-15(14)20/h5-6,8,10,13H,7,9,11-12H2,1-4H3. The summed E-state index contributed by atoms with van der Waals surface area (Å²) in [6.07, 6.45) is 2.00. The Kier molecular flexibility index (Phi) is 5.19. The van der Waals surface area contributed by atoms with E-state index in [1.807, 2.05) is 42.0 Å². The van der Waals surface area contributed by atoms with Crippen LogP contribution >= 0.6 is 0 Å². The van der Waals surface area contributed by atoms with Gasteiger partial charge in [-0.2, -0.15) is 0 Å². The summed E-state index contributed by atoms with van der Waals surface area (Å²) in [6.45, 7) is 2.85. The van der Waals surface area contributed by atoms with Crippen LogP contribution in [0.4, 0.5) is 5.69 Å². The van der Waals surface area contributed by atoms with Crippen LogP contribution in [-0.4, -0.2) is 61.9 Å². The van der Waals surface area contributed by atoms with E-state index >= 15 is 0 Å². The quantitative estimate of drug-likeness (QED) is 0.844. The van der Waals surface area contributed by atoms with Gasteiger partial charge in [0, 0.05) is 26.3 Å². The molecule has 1 aliphatic rings. The maximum absolute atomic E-state index is 12.8. The molecule has 1 aromatic carbocycles. The van der Waals surface area contributed by atoms with Gasteiger partial charge in [-0.25, -0.2) is 0 Å². The van der Waals surface area contributed by atoms with Crippen molar-refractivity contribution in [2.45, 2.75) is 25.8 Å². The first-order valence-electron chi connectivity index (χ1n) is 7.71. The van der Waals surface area contributed by atoms with Crippen molar-refractivity contribution < 1.29 is 9.59 Å². The number of anilines is 1. The molecular formula is C17H25N3O2. The summed E-state index contributed by atoms with van der Waals surface area (Å²) in [5.41, 5.74) is 2.24. The molecule has 1 aliphatic heterocycles. The molecule has 5 heteroatoms. The highest BCUT2D eigenvalue weighted by atomic mass is 16.2. The fourth-order valence-electron chi connectivity index (χ4n) is 2.67. The highest BCUT2D eigenvalue weighted by Crippen LogP contribution is 2.27. The van der Waals surface area contributed by atoms with Gasteiger partial charge in [-0.15, -0.1) is 0 Å². The number of amides is 2. The number of para-hydroxylation sites is 1. The van der Waals surface area contributed by atoms with Crippen molar-refractivity contribution in [1.82, 2.24) is 9.80 Å². The molecule has 0 radical (unpaired) electrons. The number of hydrogen-bond donors (Lipinski definition) is 0. The SMILES string of the molecule is CC(C(=O)N1CCCc2ccccc21)N(C)CC(=O)N(C)C. The molecule has 0 aromatic heterocycles. The van der Waals surface area contributed by atoms with Crippen LogP contribution in [0.2, 0.25) is 0 Å². The average molecular weight is 303 g/mol. The molecule has 120 valence electrons. The molecule has 1 unspecified atom stereocenters. The zero-order valence-corrected chi connectivity index (χ0v) is 13.9. The third-order valence-electron chi connectivity index (χ3n) is 4.28. The first kappa shape index (κ1) is 16.5. The number of fused-ring (bicyclic) bond motifs is 1. The van der Waals surface area contributed by atoms with Crippen molar-refractivity contribution in [3.8, 4) is 0 Å². The third kappa shape index (κ3) is 3.47. The predicted molar refractivity (Wildman–Crippen MR) is 87.9 cm³/mol. The van der Waals surface area contributed by atoms with Gasteiger partial charge >= 0.3 is 0 Å². The Morgan fingerprint density at radius 1 is 1.23 bits per heavy atom. The van der Waals surface area contributed by atoms with Crippen molar-refractivity contribution >= 4 is 17.5 Å². The van der Waals surface area contributed by atoms with Gasteiger partial charge in [-0.05, 0) is 38.4 Å². The molecule has 0 saturated carbocycles. The first-order valence-corrected chi connectivity index (χ1v) is 7.71. The van der Waals surface area contributed by atoms with E-state index in [2.05, 4.69) is 6.07 Å². The number of benzene rings is 1. The topological polar surface area (TPSA) is 43.9 Å². The summed E-state index contributed by atoms with van der Waals surface area (Å²) in [6, 6.07) is 7.74. The van der Waals surface area contributed by atoms with E-state index in [1.165, 1.54) is 5.56 Å². The van der Waals surface area contributed by atoms with Crippen LogP contribution in [0.25, 0.3) is 0 Å². The van der Waals surface area contributed by atoms with E-state index < -0.39 is 0 Å². The molecule has 0 bridgehead atoms. The number of likely N-dealkylation sites (N-methyl/N-ethyl adjacent to an activating group) is 2. The smallest absolute Gasteiger partial charge is 0.244 e. The minimum absolute atomic E-state index is 0.00111. The molecule has 1 atom stereocenters. The fraction of sp³-hybridized carbons (Fsp3) is 0.529. The zero-order valence-electron chi connectivity index (χ0n) is 13.9. The van der Waals surface area contributed by atoms with E-state index in [4.69, 9.17) is 0 Å². The molecule has 1 heterocycles. The van der Waals surface area contributed by atoms with E-state index in [9.17, 15) is 9.59 Å². The monoisotopic (exact) mass is 303 g/mol. The van der Waals surface area contributed by atoms with Gasteiger partial charge in [0.1, 0.15) is 0 Å². The van der Waals surface area contributed by atoms with Crippen LogP contribution in [0.1, 0.15) is 18.9 Å². The third-order valence-corrected chi connectivity index (χ3v) is 4.28. The molecule has 5 nitrogen and oxygen atoms in total. The summed E-state index contributed by atoms with van der Waals surface area (Å²) >= 11 is 0. The number of nitrogens with zero attached hydrogens (tertiary/aromatic N) is 3. The van der Waals surface area contributed by atoms with Crippen LogP contribution in [0.3, 0.4) is 0 Å². The summed E-state index contributed by atoms with van der Waals surface area (Å²) in [7, 11) is 5.27. The number of carbonyl (C=O) groups is 2. The molecule has 0 N–H and O–H groups in total. The minimum Gasteiger partial charge on any atom is -0.348 e. The van der Waals surface area contributed by atoms with Crippen molar-refractivity contribution in [2.24, 2.45) is 0 Å². The Labute approximate surface area is 132 Å². The largest absolute Gasteiger partial charge is 0.348 e. The van der Waals surface area contributed by atoms with Crippen LogP contribution in [-0.2, 0) is 16.0 Å². The van der Waals surface area contributed by atoms with Gasteiger partial charge in [-0.1, -0.05) is 18.2 Å². The number of carbonyl (C=O) groups excluding carboxylic acids is 2. The van der Waals surface area contributed by atoms with Gasteiger partial charge in [0.05, 0.1) is 12.6 Å². The number of hydrogen-bond acceptors (Lipinski definition) is 3. The lowest BCUT2D eigenvalue weighted by molar-refractivity contribution is -0.131. The van der Waals surface area contributed by atoms with Gasteiger partial charge in [0.25, 0.3) is 0 Å². The number of aryl methyl sites for hydroxylation is 1. The van der Waals surface area contributed by atoms with Crippen molar-refractivity contribution in [1.29, 1.82) is 0 Å². The molecule has 1 aromatic rings. The number of rotatable bonds is 4.